The van der Waals surface area contributed by atoms with Crippen LogP contribution in [0.2, 0.25) is 0 Å². The van der Waals surface area contributed by atoms with E-state index in [4.69, 9.17) is 14.6 Å². The lowest BCUT2D eigenvalue weighted by atomic mass is 9.85. The number of hydrogen-bond acceptors (Lipinski definition) is 8. The summed E-state index contributed by atoms with van der Waals surface area (Å²) >= 11 is 0. The van der Waals surface area contributed by atoms with Crippen LogP contribution in [0.3, 0.4) is 0 Å². The van der Waals surface area contributed by atoms with Gasteiger partial charge in [-0.05, 0) is 48.2 Å². The van der Waals surface area contributed by atoms with Gasteiger partial charge in [-0.15, -0.1) is 0 Å². The molecule has 3 aliphatic rings. The summed E-state index contributed by atoms with van der Waals surface area (Å²) in [5.74, 6) is -1.32. The topological polar surface area (TPSA) is 141 Å². The Kier molecular flexibility index (Phi) is 9.64. The molecular weight excluding hydrogens is 588 g/mol. The van der Waals surface area contributed by atoms with Gasteiger partial charge in [0.2, 0.25) is 11.8 Å². The lowest BCUT2D eigenvalue weighted by Crippen LogP contribution is -2.57. The maximum Gasteiger partial charge on any atom is 0.303 e. The number of carbonyl (C=O) groups excluding carboxylic acids is 2. The fourth-order valence-corrected chi connectivity index (χ4v) is 6.67. The van der Waals surface area contributed by atoms with Crippen LogP contribution < -0.4 is 15.5 Å². The number of aliphatic hydroxyl groups excluding tert-OH is 1. The number of ether oxygens (including phenoxy) is 2. The van der Waals surface area contributed by atoms with Crippen LogP contribution in [0.4, 0.5) is 11.4 Å². The highest BCUT2D eigenvalue weighted by Gasteiger charge is 2.50. The number of aliphatic carboxylic acids is 1. The minimum absolute atomic E-state index is 0.0404. The third kappa shape index (κ3) is 7.07. The molecule has 11 nitrogen and oxygen atoms in total. The molecule has 3 aliphatic heterocycles. The van der Waals surface area contributed by atoms with Gasteiger partial charge in [-0.25, -0.2) is 0 Å². The second-order valence-corrected chi connectivity index (χ2v) is 12.2. The van der Waals surface area contributed by atoms with Crippen LogP contribution in [0, 0.1) is 0 Å². The number of nitrogens with zero attached hydrogens (tertiary/aromatic N) is 2. The van der Waals surface area contributed by atoms with Crippen LogP contribution in [-0.2, 0) is 30.5 Å². The predicted molar refractivity (Wildman–Crippen MR) is 171 cm³/mol. The molecule has 0 radical (unpaired) electrons. The van der Waals surface area contributed by atoms with Crippen LogP contribution in [0.1, 0.15) is 61.2 Å². The van der Waals surface area contributed by atoms with Gasteiger partial charge in [0.05, 0.1) is 31.9 Å². The van der Waals surface area contributed by atoms with Gasteiger partial charge in [0.15, 0.2) is 6.29 Å². The van der Waals surface area contributed by atoms with E-state index in [2.05, 4.69) is 20.4 Å². The molecule has 3 heterocycles. The molecule has 3 aromatic carbocycles. The molecule has 242 valence electrons. The third-order valence-corrected chi connectivity index (χ3v) is 9.17. The van der Waals surface area contributed by atoms with Gasteiger partial charge in [0.1, 0.15) is 5.54 Å². The Morgan fingerprint density at radius 3 is 2.41 bits per heavy atom. The zero-order valence-corrected chi connectivity index (χ0v) is 25.6. The fourth-order valence-electron chi connectivity index (χ4n) is 6.67. The second-order valence-electron chi connectivity index (χ2n) is 12.2. The lowest BCUT2D eigenvalue weighted by Gasteiger charge is -2.45. The van der Waals surface area contributed by atoms with E-state index in [0.717, 1.165) is 35.5 Å². The van der Waals surface area contributed by atoms with E-state index in [-0.39, 0.29) is 43.5 Å². The monoisotopic (exact) mass is 628 g/mol. The number of likely N-dealkylation sites (tertiary alicyclic amines) is 1. The van der Waals surface area contributed by atoms with Crippen molar-refractivity contribution >= 4 is 29.2 Å². The Labute approximate surface area is 268 Å². The van der Waals surface area contributed by atoms with E-state index in [1.807, 2.05) is 60.7 Å². The van der Waals surface area contributed by atoms with Crippen molar-refractivity contribution in [2.45, 2.75) is 62.7 Å². The van der Waals surface area contributed by atoms with E-state index < -0.39 is 17.8 Å². The molecule has 3 aromatic rings. The van der Waals surface area contributed by atoms with Crippen molar-refractivity contribution in [1.29, 1.82) is 0 Å². The minimum Gasteiger partial charge on any atom is -0.481 e. The molecule has 3 unspecified atom stereocenters. The smallest absolute Gasteiger partial charge is 0.303 e. The SMILES string of the molecule is O=C(O)CCC(=O)Nc1cccc(C2OC(CN3CCC4(CC3)C(=O)NCN4c3ccccc3)CC(c3ccc(CO)cc3)O2)c1. The third-order valence-electron chi connectivity index (χ3n) is 9.17. The summed E-state index contributed by atoms with van der Waals surface area (Å²) in [5.41, 5.74) is 3.54. The summed E-state index contributed by atoms with van der Waals surface area (Å²) in [6, 6.07) is 25.0. The van der Waals surface area contributed by atoms with Crippen LogP contribution in [0.15, 0.2) is 78.9 Å². The predicted octanol–water partition coefficient (Wildman–Crippen LogP) is 3.96. The van der Waals surface area contributed by atoms with Crippen LogP contribution in [0.25, 0.3) is 0 Å². The average molecular weight is 629 g/mol. The van der Waals surface area contributed by atoms with Crippen molar-refractivity contribution in [3.8, 4) is 0 Å². The molecule has 2 amide bonds. The quantitative estimate of drug-likeness (QED) is 0.263. The summed E-state index contributed by atoms with van der Waals surface area (Å²) in [6.45, 7) is 2.62. The number of amides is 2. The number of aliphatic hydroxyl groups is 1. The van der Waals surface area contributed by atoms with E-state index in [1.165, 1.54) is 0 Å². The average Bonchev–Trinajstić information content (AvgIpc) is 3.39. The van der Waals surface area contributed by atoms with E-state index >= 15 is 0 Å². The maximum absolute atomic E-state index is 13.2. The number of para-hydroxylation sites is 1. The van der Waals surface area contributed by atoms with E-state index in [1.54, 1.807) is 18.2 Å². The number of rotatable bonds is 10. The van der Waals surface area contributed by atoms with Crippen molar-refractivity contribution in [2.24, 2.45) is 0 Å². The van der Waals surface area contributed by atoms with Gasteiger partial charge in [-0.1, -0.05) is 54.6 Å². The maximum atomic E-state index is 13.2. The number of anilines is 2. The van der Waals surface area contributed by atoms with Gasteiger partial charge < -0.3 is 40.1 Å². The molecule has 3 fully saturated rings. The molecule has 1 spiro atoms. The molecule has 11 heteroatoms. The minimum atomic E-state index is -1.03. The highest BCUT2D eigenvalue weighted by molar-refractivity contribution is 5.93. The van der Waals surface area contributed by atoms with E-state index in [9.17, 15) is 19.5 Å². The van der Waals surface area contributed by atoms with E-state index in [0.29, 0.717) is 38.2 Å². The normalized spacial score (nSPS) is 22.8. The fraction of sp³-hybridized carbons (Fsp3) is 0.400. The van der Waals surface area contributed by atoms with Gasteiger partial charge >= 0.3 is 5.97 Å². The zero-order valence-electron chi connectivity index (χ0n) is 25.6. The first kappa shape index (κ1) is 31.7. The van der Waals surface area contributed by atoms with Gasteiger partial charge in [0, 0.05) is 49.4 Å². The summed E-state index contributed by atoms with van der Waals surface area (Å²) in [6.07, 6.45) is 0.521. The van der Waals surface area contributed by atoms with Crippen molar-refractivity contribution < 1.29 is 34.1 Å². The summed E-state index contributed by atoms with van der Waals surface area (Å²) in [4.78, 5) is 40.9. The molecule has 3 atom stereocenters. The second kappa shape index (κ2) is 14.0. The van der Waals surface area contributed by atoms with Gasteiger partial charge in [-0.2, -0.15) is 0 Å². The summed E-state index contributed by atoms with van der Waals surface area (Å²) in [5, 5.41) is 24.3. The van der Waals surface area contributed by atoms with Crippen LogP contribution in [-0.4, -0.2) is 70.8 Å². The van der Waals surface area contributed by atoms with Crippen molar-refractivity contribution in [3.63, 3.8) is 0 Å². The Hall–Kier alpha value is -4.29. The number of nitrogens with one attached hydrogen (secondary N) is 2. The lowest BCUT2D eigenvalue weighted by molar-refractivity contribution is -0.253. The highest BCUT2D eigenvalue weighted by Crippen LogP contribution is 2.40. The molecule has 0 aliphatic carbocycles. The summed E-state index contributed by atoms with van der Waals surface area (Å²) < 4.78 is 13.0. The molecular formula is C35H40N4O7. The number of benzene rings is 3. The Morgan fingerprint density at radius 1 is 0.935 bits per heavy atom. The highest BCUT2D eigenvalue weighted by atomic mass is 16.7. The molecule has 46 heavy (non-hydrogen) atoms. The largest absolute Gasteiger partial charge is 0.481 e. The molecule has 0 bridgehead atoms. The molecule has 0 aromatic heterocycles. The molecule has 3 saturated heterocycles. The first-order valence-electron chi connectivity index (χ1n) is 15.8. The van der Waals surface area contributed by atoms with Crippen molar-refractivity contribution in [3.05, 3.63) is 95.6 Å². The number of carboxylic acid groups (broad SMARTS) is 1. The zero-order chi connectivity index (χ0) is 32.1. The van der Waals surface area contributed by atoms with Gasteiger partial charge in [0.25, 0.3) is 0 Å². The Morgan fingerprint density at radius 2 is 1.70 bits per heavy atom. The first-order valence-corrected chi connectivity index (χ1v) is 15.8. The molecule has 4 N–H and O–H groups in total. The Balaban J connectivity index is 1.16. The standard InChI is InChI=1S/C35H40N4O7/c40-22-24-9-11-25(12-10-24)30-20-29(45-33(46-30)26-5-4-6-27(19-26)37-31(41)13-14-32(42)43)21-38-17-15-35(16-18-38)34(44)36-23-39(35)28-7-2-1-3-8-28/h1-12,19,29-30,33,40H,13-18,20-23H2,(H,36,44)(H,37,41)(H,42,43). The first-order chi connectivity index (χ1) is 22.3. The van der Waals surface area contributed by atoms with Crippen molar-refractivity contribution in [1.82, 2.24) is 10.2 Å². The van der Waals surface area contributed by atoms with Gasteiger partial charge in [-0.3, -0.25) is 14.4 Å². The molecule has 6 rings (SSSR count). The van der Waals surface area contributed by atoms with Crippen LogP contribution >= 0.6 is 0 Å². The number of hydrogen-bond donors (Lipinski definition) is 4. The Bertz CT molecular complexity index is 1530. The summed E-state index contributed by atoms with van der Waals surface area (Å²) in [7, 11) is 0. The molecule has 0 saturated carbocycles. The number of carbonyl (C=O) groups is 3. The van der Waals surface area contributed by atoms with Crippen molar-refractivity contribution in [2.75, 3.05) is 36.5 Å². The number of piperidine rings is 1. The van der Waals surface area contributed by atoms with Crippen LogP contribution in [0.5, 0.6) is 0 Å². The number of carboxylic acids is 1.